The van der Waals surface area contributed by atoms with Gasteiger partial charge in [0.05, 0.1) is 40.6 Å². The van der Waals surface area contributed by atoms with Gasteiger partial charge < -0.3 is 20.5 Å². The third kappa shape index (κ3) is 4.39. The number of nitrogens with zero attached hydrogens (tertiary/aromatic N) is 2. The number of pyridine rings is 2. The second kappa shape index (κ2) is 9.47. The molecule has 0 aliphatic rings. The Morgan fingerprint density at radius 2 is 1.19 bits per heavy atom. The maximum Gasteiger partial charge on any atom is 0.119 e. The van der Waals surface area contributed by atoms with Crippen LogP contribution in [0.4, 0.5) is 11.4 Å². The fourth-order valence-electron chi connectivity index (χ4n) is 4.68. The summed E-state index contributed by atoms with van der Waals surface area (Å²) in [6.45, 7) is 1.22. The molecule has 2 heterocycles. The number of benzene rings is 4. The van der Waals surface area contributed by atoms with E-state index >= 15 is 0 Å². The van der Waals surface area contributed by atoms with Gasteiger partial charge in [-0.3, -0.25) is 0 Å². The lowest BCUT2D eigenvalue weighted by atomic mass is 10.1. The lowest BCUT2D eigenvalue weighted by Gasteiger charge is -2.16. The number of rotatable bonds is 6. The van der Waals surface area contributed by atoms with Gasteiger partial charge in [-0.1, -0.05) is 23.2 Å². The molecule has 4 aromatic carbocycles. The standard InChI is InChI=1S/C29H22Cl2N4O2/c1-37-19-5-9-25-23(15-19)29(21-7-3-17(31)13-27(21)35-25)33-11-10-32-28-20-6-2-16(30)12-26(20)34-24-8-4-18(36)14-22(24)28/h2-9,12-15,36H,10-11H2,1H3,(H,32,34)(H,33,35). The summed E-state index contributed by atoms with van der Waals surface area (Å²) in [6, 6.07) is 22.4. The Kier molecular flexibility index (Phi) is 5.99. The molecule has 6 aromatic rings. The maximum atomic E-state index is 10.1. The van der Waals surface area contributed by atoms with Crippen LogP contribution in [0.15, 0.2) is 72.8 Å². The van der Waals surface area contributed by atoms with Crippen LogP contribution in [0.25, 0.3) is 43.6 Å². The minimum absolute atomic E-state index is 0.186. The highest BCUT2D eigenvalue weighted by atomic mass is 35.5. The van der Waals surface area contributed by atoms with E-state index in [1.165, 1.54) is 0 Å². The Balaban J connectivity index is 1.36. The molecule has 0 fully saturated rings. The SMILES string of the molecule is COc1ccc2nc3cc(Cl)ccc3c(NCCNc3c4ccc(Cl)cc4nc4ccc(O)cc34)c2c1. The Morgan fingerprint density at radius 1 is 0.649 bits per heavy atom. The van der Waals surface area contributed by atoms with Gasteiger partial charge in [0.1, 0.15) is 11.5 Å². The van der Waals surface area contributed by atoms with Crippen molar-refractivity contribution in [1.82, 2.24) is 9.97 Å². The second-order valence-corrected chi connectivity index (χ2v) is 9.61. The van der Waals surface area contributed by atoms with Gasteiger partial charge >= 0.3 is 0 Å². The van der Waals surface area contributed by atoms with Crippen molar-refractivity contribution in [3.63, 3.8) is 0 Å². The molecular formula is C29H22Cl2N4O2. The van der Waals surface area contributed by atoms with Gasteiger partial charge in [-0.15, -0.1) is 0 Å². The maximum absolute atomic E-state index is 10.1. The van der Waals surface area contributed by atoms with Crippen LogP contribution in [-0.4, -0.2) is 35.3 Å². The molecule has 3 N–H and O–H groups in total. The van der Waals surface area contributed by atoms with Gasteiger partial charge in [-0.05, 0) is 72.8 Å². The molecule has 8 heteroatoms. The molecule has 6 nitrogen and oxygen atoms in total. The lowest BCUT2D eigenvalue weighted by Crippen LogP contribution is -2.15. The lowest BCUT2D eigenvalue weighted by molar-refractivity contribution is 0.415. The number of aromatic nitrogens is 2. The number of methoxy groups -OCH3 is 1. The van der Waals surface area contributed by atoms with Crippen LogP contribution in [0.3, 0.4) is 0 Å². The average molecular weight is 529 g/mol. The number of phenolic OH excluding ortho intramolecular Hbond substituents is 1. The second-order valence-electron chi connectivity index (χ2n) is 8.73. The minimum Gasteiger partial charge on any atom is -0.508 e. The molecule has 37 heavy (non-hydrogen) atoms. The Hall–Kier alpha value is -4.00. The van der Waals surface area contributed by atoms with Crippen LogP contribution >= 0.6 is 23.2 Å². The topological polar surface area (TPSA) is 79.3 Å². The molecule has 0 atom stereocenters. The fourth-order valence-corrected chi connectivity index (χ4v) is 5.02. The summed E-state index contributed by atoms with van der Waals surface area (Å²) in [5.74, 6) is 0.947. The summed E-state index contributed by atoms with van der Waals surface area (Å²) >= 11 is 12.5. The summed E-state index contributed by atoms with van der Waals surface area (Å²) in [5.41, 5.74) is 5.09. The zero-order valence-corrected chi connectivity index (χ0v) is 21.4. The molecule has 0 amide bonds. The fraction of sp³-hybridized carbons (Fsp3) is 0.103. The van der Waals surface area contributed by atoms with Crippen LogP contribution < -0.4 is 15.4 Å². The van der Waals surface area contributed by atoms with Gasteiger partial charge in [0.2, 0.25) is 0 Å². The molecule has 0 aliphatic heterocycles. The Labute approximate surface area is 222 Å². The van der Waals surface area contributed by atoms with Crippen molar-refractivity contribution in [2.75, 3.05) is 30.8 Å². The van der Waals surface area contributed by atoms with Gasteiger partial charge in [0.25, 0.3) is 0 Å². The van der Waals surface area contributed by atoms with E-state index in [9.17, 15) is 5.11 Å². The Morgan fingerprint density at radius 3 is 1.76 bits per heavy atom. The van der Waals surface area contributed by atoms with Crippen molar-refractivity contribution in [3.05, 3.63) is 82.8 Å². The first kappa shape index (κ1) is 23.4. The molecule has 0 bridgehead atoms. The molecule has 2 aromatic heterocycles. The first-order chi connectivity index (χ1) is 18.0. The van der Waals surface area contributed by atoms with Crippen LogP contribution in [0.5, 0.6) is 11.5 Å². The molecule has 0 radical (unpaired) electrons. The molecule has 0 aliphatic carbocycles. The largest absolute Gasteiger partial charge is 0.508 e. The van der Waals surface area contributed by atoms with Gasteiger partial charge in [0.15, 0.2) is 0 Å². The smallest absolute Gasteiger partial charge is 0.119 e. The number of anilines is 2. The van der Waals surface area contributed by atoms with E-state index < -0.39 is 0 Å². The van der Waals surface area contributed by atoms with Gasteiger partial charge in [-0.2, -0.15) is 0 Å². The summed E-state index contributed by atoms with van der Waals surface area (Å²) in [7, 11) is 1.65. The normalized spacial score (nSPS) is 11.4. The van der Waals surface area contributed by atoms with E-state index in [2.05, 4.69) is 10.6 Å². The number of nitrogens with one attached hydrogen (secondary N) is 2. The average Bonchev–Trinajstić information content (AvgIpc) is 2.89. The monoisotopic (exact) mass is 528 g/mol. The Bertz CT molecular complexity index is 1820. The van der Waals surface area contributed by atoms with E-state index in [-0.39, 0.29) is 5.75 Å². The molecule has 6 rings (SSSR count). The first-order valence-electron chi connectivity index (χ1n) is 11.8. The highest BCUT2D eigenvalue weighted by Crippen LogP contribution is 2.35. The van der Waals surface area contributed by atoms with Crippen LogP contribution in [-0.2, 0) is 0 Å². The number of aromatic hydroxyl groups is 1. The first-order valence-corrected chi connectivity index (χ1v) is 12.5. The number of hydrogen-bond acceptors (Lipinski definition) is 6. The molecule has 0 spiro atoms. The number of fused-ring (bicyclic) bond motifs is 4. The highest BCUT2D eigenvalue weighted by Gasteiger charge is 2.13. The summed E-state index contributed by atoms with van der Waals surface area (Å²) in [4.78, 5) is 9.52. The predicted octanol–water partition coefficient (Wildman–Crippen LogP) is 7.63. The third-order valence-corrected chi connectivity index (χ3v) is 6.86. The third-order valence-electron chi connectivity index (χ3n) is 6.39. The molecule has 184 valence electrons. The van der Waals surface area contributed by atoms with Crippen molar-refractivity contribution < 1.29 is 9.84 Å². The molecule has 0 unspecified atom stereocenters. The number of ether oxygens (including phenoxy) is 1. The van der Waals surface area contributed by atoms with Crippen LogP contribution in [0, 0.1) is 0 Å². The summed E-state index contributed by atoms with van der Waals surface area (Å²) in [5, 5.41) is 22.3. The van der Waals surface area contributed by atoms with Crippen LogP contribution in [0.1, 0.15) is 0 Å². The van der Waals surface area contributed by atoms with Crippen molar-refractivity contribution in [2.24, 2.45) is 0 Å². The van der Waals surface area contributed by atoms with Crippen LogP contribution in [0.2, 0.25) is 10.0 Å². The molecular weight excluding hydrogens is 507 g/mol. The van der Waals surface area contributed by atoms with Crippen molar-refractivity contribution in [2.45, 2.75) is 0 Å². The zero-order chi connectivity index (χ0) is 25.5. The van der Waals surface area contributed by atoms with E-state index in [4.69, 9.17) is 37.9 Å². The highest BCUT2D eigenvalue weighted by molar-refractivity contribution is 6.32. The van der Waals surface area contributed by atoms with Crippen molar-refractivity contribution >= 4 is 78.2 Å². The summed E-state index contributed by atoms with van der Waals surface area (Å²) in [6.07, 6.45) is 0. The van der Waals surface area contributed by atoms with E-state index in [1.54, 1.807) is 19.2 Å². The number of halogens is 2. The van der Waals surface area contributed by atoms with E-state index in [1.807, 2.05) is 60.7 Å². The van der Waals surface area contributed by atoms with Gasteiger partial charge in [-0.25, -0.2) is 9.97 Å². The predicted molar refractivity (Wildman–Crippen MR) is 154 cm³/mol. The minimum atomic E-state index is 0.186. The van der Waals surface area contributed by atoms with Crippen molar-refractivity contribution in [3.8, 4) is 11.5 Å². The van der Waals surface area contributed by atoms with Gasteiger partial charge in [0, 0.05) is 44.7 Å². The molecule has 0 saturated carbocycles. The number of hydrogen-bond donors (Lipinski definition) is 3. The number of phenols is 1. The summed E-state index contributed by atoms with van der Waals surface area (Å²) < 4.78 is 5.47. The quantitative estimate of drug-likeness (QED) is 0.152. The molecule has 0 saturated heterocycles. The van der Waals surface area contributed by atoms with Crippen molar-refractivity contribution in [1.29, 1.82) is 0 Å². The zero-order valence-electron chi connectivity index (χ0n) is 19.8. The van der Waals surface area contributed by atoms with E-state index in [0.29, 0.717) is 23.1 Å². The van der Waals surface area contributed by atoms with E-state index in [0.717, 1.165) is 60.7 Å².